The van der Waals surface area contributed by atoms with Crippen molar-refractivity contribution in [3.8, 4) is 0 Å². The zero-order valence-corrected chi connectivity index (χ0v) is 9.49. The molecule has 2 rings (SSSR count). The summed E-state index contributed by atoms with van der Waals surface area (Å²) < 4.78 is 0.109. The molecule has 2 aromatic heterocycles. The number of halogens is 2. The quantitative estimate of drug-likeness (QED) is 0.459. The highest BCUT2D eigenvalue weighted by atomic mass is 79.9. The lowest BCUT2D eigenvalue weighted by molar-refractivity contribution is -0.385. The summed E-state index contributed by atoms with van der Waals surface area (Å²) in [5.74, 6) is 0. The van der Waals surface area contributed by atoms with Gasteiger partial charge in [0.15, 0.2) is 4.60 Å². The van der Waals surface area contributed by atoms with Crippen LogP contribution in [0.4, 0.5) is 5.69 Å². The third-order valence-electron chi connectivity index (χ3n) is 1.80. The monoisotopic (exact) mass is 287 g/mol. The van der Waals surface area contributed by atoms with Crippen LogP contribution in [0.15, 0.2) is 22.9 Å². The highest BCUT2D eigenvalue weighted by Crippen LogP contribution is 2.35. The van der Waals surface area contributed by atoms with E-state index in [1.54, 1.807) is 12.1 Å². The van der Waals surface area contributed by atoms with Gasteiger partial charge in [0.25, 0.3) is 0 Å². The first kappa shape index (κ1) is 10.3. The maximum absolute atomic E-state index is 10.7. The van der Waals surface area contributed by atoms with Crippen LogP contribution in [0.3, 0.4) is 0 Å². The molecular weight excluding hydrogens is 285 g/mol. The fraction of sp³-hybridized carbons (Fsp3) is 0. The van der Waals surface area contributed by atoms with Gasteiger partial charge in [0.2, 0.25) is 0 Å². The first-order valence-corrected chi connectivity index (χ1v) is 5.02. The molecule has 0 amide bonds. The molecule has 0 fully saturated rings. The standard InChI is InChI=1S/C8H3BrClN3O2/c9-8-7(13(14)15)5(10)6-4(12-8)2-1-3-11-6/h1-3H. The molecule has 0 aliphatic heterocycles. The van der Waals surface area contributed by atoms with Gasteiger partial charge in [-0.2, -0.15) is 0 Å². The maximum Gasteiger partial charge on any atom is 0.322 e. The Labute approximate surface area is 97.4 Å². The Morgan fingerprint density at radius 1 is 1.53 bits per heavy atom. The van der Waals surface area contributed by atoms with Crippen LogP contribution < -0.4 is 0 Å². The first-order valence-electron chi connectivity index (χ1n) is 3.85. The van der Waals surface area contributed by atoms with Gasteiger partial charge in [-0.15, -0.1) is 0 Å². The predicted octanol–water partition coefficient (Wildman–Crippen LogP) is 2.95. The molecule has 76 valence electrons. The Morgan fingerprint density at radius 3 is 2.93 bits per heavy atom. The van der Waals surface area contributed by atoms with Crippen LogP contribution >= 0.6 is 27.5 Å². The highest BCUT2D eigenvalue weighted by molar-refractivity contribution is 9.10. The molecule has 0 bridgehead atoms. The van der Waals surface area contributed by atoms with E-state index < -0.39 is 4.92 Å². The molecule has 0 spiro atoms. The largest absolute Gasteiger partial charge is 0.322 e. The van der Waals surface area contributed by atoms with Gasteiger partial charge in [-0.1, -0.05) is 11.6 Å². The van der Waals surface area contributed by atoms with Crippen molar-refractivity contribution in [2.24, 2.45) is 0 Å². The fourth-order valence-electron chi connectivity index (χ4n) is 1.17. The van der Waals surface area contributed by atoms with Crippen LogP contribution in [0.5, 0.6) is 0 Å². The van der Waals surface area contributed by atoms with Crippen molar-refractivity contribution < 1.29 is 4.92 Å². The average molecular weight is 288 g/mol. The molecule has 2 aromatic rings. The van der Waals surface area contributed by atoms with E-state index in [1.807, 2.05) is 0 Å². The van der Waals surface area contributed by atoms with Gasteiger partial charge in [-0.05, 0) is 28.1 Å². The lowest BCUT2D eigenvalue weighted by Gasteiger charge is -2.01. The topological polar surface area (TPSA) is 68.9 Å². The summed E-state index contributed by atoms with van der Waals surface area (Å²) >= 11 is 8.87. The number of rotatable bonds is 1. The smallest absolute Gasteiger partial charge is 0.258 e. The van der Waals surface area contributed by atoms with Crippen LogP contribution in [0.1, 0.15) is 0 Å². The summed E-state index contributed by atoms with van der Waals surface area (Å²) in [6.45, 7) is 0. The van der Waals surface area contributed by atoms with Crippen molar-refractivity contribution >= 4 is 44.3 Å². The molecule has 0 radical (unpaired) electrons. The summed E-state index contributed by atoms with van der Waals surface area (Å²) in [4.78, 5) is 18.1. The number of nitro groups is 1. The van der Waals surface area contributed by atoms with Crippen molar-refractivity contribution in [1.29, 1.82) is 0 Å². The van der Waals surface area contributed by atoms with Crippen LogP contribution in [0.2, 0.25) is 5.02 Å². The molecule has 0 saturated carbocycles. The summed E-state index contributed by atoms with van der Waals surface area (Å²) in [6, 6.07) is 3.37. The van der Waals surface area contributed by atoms with Gasteiger partial charge in [-0.3, -0.25) is 15.1 Å². The average Bonchev–Trinajstić information content (AvgIpc) is 2.17. The van der Waals surface area contributed by atoms with Crippen molar-refractivity contribution in [2.75, 3.05) is 0 Å². The highest BCUT2D eigenvalue weighted by Gasteiger charge is 2.22. The first-order chi connectivity index (χ1) is 7.11. The van der Waals surface area contributed by atoms with Crippen LogP contribution in [0.25, 0.3) is 11.0 Å². The van der Waals surface area contributed by atoms with Gasteiger partial charge < -0.3 is 0 Å². The van der Waals surface area contributed by atoms with E-state index >= 15 is 0 Å². The second-order valence-corrected chi connectivity index (χ2v) is 3.82. The van der Waals surface area contributed by atoms with Crippen LogP contribution in [-0.2, 0) is 0 Å². The van der Waals surface area contributed by atoms with E-state index in [0.717, 1.165) is 0 Å². The molecule has 0 aliphatic rings. The lowest BCUT2D eigenvalue weighted by atomic mass is 10.3. The van der Waals surface area contributed by atoms with Crippen molar-refractivity contribution in [3.05, 3.63) is 38.1 Å². The Kier molecular flexibility index (Phi) is 2.54. The second-order valence-electron chi connectivity index (χ2n) is 2.69. The molecule has 0 unspecified atom stereocenters. The van der Waals surface area contributed by atoms with Gasteiger partial charge in [0, 0.05) is 6.20 Å². The van der Waals surface area contributed by atoms with Crippen molar-refractivity contribution in [3.63, 3.8) is 0 Å². The minimum atomic E-state index is -0.590. The molecule has 0 aliphatic carbocycles. The fourth-order valence-corrected chi connectivity index (χ4v) is 2.13. The molecule has 15 heavy (non-hydrogen) atoms. The molecule has 0 N–H and O–H groups in total. The van der Waals surface area contributed by atoms with E-state index in [2.05, 4.69) is 25.9 Å². The van der Waals surface area contributed by atoms with E-state index in [9.17, 15) is 10.1 Å². The number of fused-ring (bicyclic) bond motifs is 1. The second kappa shape index (κ2) is 3.71. The Hall–Kier alpha value is -1.27. The van der Waals surface area contributed by atoms with Gasteiger partial charge in [0.1, 0.15) is 10.5 Å². The molecule has 0 saturated heterocycles. The van der Waals surface area contributed by atoms with E-state index in [1.165, 1.54) is 6.20 Å². The van der Waals surface area contributed by atoms with E-state index in [-0.39, 0.29) is 15.3 Å². The van der Waals surface area contributed by atoms with Crippen molar-refractivity contribution in [2.45, 2.75) is 0 Å². The number of aromatic nitrogens is 2. The van der Waals surface area contributed by atoms with Gasteiger partial charge in [-0.25, -0.2) is 4.98 Å². The number of hydrogen-bond donors (Lipinski definition) is 0. The van der Waals surface area contributed by atoms with Crippen LogP contribution in [0, 0.1) is 10.1 Å². The van der Waals surface area contributed by atoms with E-state index in [0.29, 0.717) is 11.0 Å². The van der Waals surface area contributed by atoms with E-state index in [4.69, 9.17) is 11.6 Å². The summed E-state index contributed by atoms with van der Waals surface area (Å²) in [7, 11) is 0. The summed E-state index contributed by atoms with van der Waals surface area (Å²) in [5, 5.41) is 10.7. The number of pyridine rings is 2. The Balaban J connectivity index is 2.90. The molecular formula is C8H3BrClN3O2. The Bertz CT molecular complexity index is 561. The minimum Gasteiger partial charge on any atom is -0.258 e. The third-order valence-corrected chi connectivity index (χ3v) is 2.71. The molecule has 7 heteroatoms. The molecule has 2 heterocycles. The number of hydrogen-bond acceptors (Lipinski definition) is 4. The number of nitrogens with zero attached hydrogens (tertiary/aromatic N) is 3. The lowest BCUT2D eigenvalue weighted by Crippen LogP contribution is -1.95. The predicted molar refractivity (Wildman–Crippen MR) is 58.9 cm³/mol. The van der Waals surface area contributed by atoms with Gasteiger partial charge in [0.05, 0.1) is 10.4 Å². The molecule has 0 atom stereocenters. The SMILES string of the molecule is O=[N+]([O-])c1c(Br)nc2cccnc2c1Cl. The molecule has 0 aromatic carbocycles. The van der Waals surface area contributed by atoms with Crippen LogP contribution in [-0.4, -0.2) is 14.9 Å². The van der Waals surface area contributed by atoms with Gasteiger partial charge >= 0.3 is 5.69 Å². The third kappa shape index (κ3) is 1.66. The normalized spacial score (nSPS) is 10.5. The maximum atomic E-state index is 10.7. The summed E-state index contributed by atoms with van der Waals surface area (Å²) in [5.41, 5.74) is 0.580. The zero-order valence-electron chi connectivity index (χ0n) is 7.15. The summed E-state index contributed by atoms with van der Waals surface area (Å²) in [6.07, 6.45) is 1.51. The van der Waals surface area contributed by atoms with Crippen molar-refractivity contribution in [1.82, 2.24) is 9.97 Å². The minimum absolute atomic E-state index is 0.00234. The molecule has 5 nitrogen and oxygen atoms in total. The Morgan fingerprint density at radius 2 is 2.27 bits per heavy atom. The zero-order chi connectivity index (χ0) is 11.0.